The van der Waals surface area contributed by atoms with E-state index < -0.39 is 22.4 Å². The molecule has 1 rings (SSSR count). The summed E-state index contributed by atoms with van der Waals surface area (Å²) in [5.74, 6) is -0.713. The first kappa shape index (κ1) is 13.4. The first-order chi connectivity index (χ1) is 7.71. The van der Waals surface area contributed by atoms with E-state index >= 15 is 0 Å². The topological polar surface area (TPSA) is 75.4 Å². The summed E-state index contributed by atoms with van der Waals surface area (Å²) in [6.45, 7) is 4.88. The minimum atomic E-state index is -1.02. The van der Waals surface area contributed by atoms with Gasteiger partial charge in [0.05, 0.1) is 28.3 Å². The lowest BCUT2D eigenvalue weighted by Gasteiger charge is -2.27. The van der Waals surface area contributed by atoms with Gasteiger partial charge in [-0.25, -0.2) is 4.39 Å². The zero-order valence-electron chi connectivity index (χ0n) is 9.90. The maximum atomic E-state index is 13.5. The molecule has 0 saturated carbocycles. The van der Waals surface area contributed by atoms with Crippen LogP contribution in [0.1, 0.15) is 20.8 Å². The quantitative estimate of drug-likeness (QED) is 0.627. The van der Waals surface area contributed by atoms with Gasteiger partial charge in [0.15, 0.2) is 5.82 Å². The molecule has 0 aliphatic heterocycles. The summed E-state index contributed by atoms with van der Waals surface area (Å²) in [4.78, 5) is 9.76. The monoisotopic (exact) mass is 242 g/mol. The van der Waals surface area contributed by atoms with Crippen LogP contribution < -0.4 is 5.32 Å². The van der Waals surface area contributed by atoms with Crippen LogP contribution in [0.5, 0.6) is 0 Å². The minimum Gasteiger partial charge on any atom is -0.388 e. The number of nitro benzene ring substituents is 1. The molecule has 94 valence electrons. The van der Waals surface area contributed by atoms with E-state index in [0.717, 1.165) is 6.07 Å². The van der Waals surface area contributed by atoms with Crippen LogP contribution >= 0.6 is 0 Å². The van der Waals surface area contributed by atoms with Gasteiger partial charge in [-0.2, -0.15) is 0 Å². The molecule has 0 amide bonds. The molecule has 1 aromatic rings. The highest BCUT2D eigenvalue weighted by atomic mass is 19.1. The number of non-ortho nitro benzene ring substituents is 1. The third-order valence-corrected chi connectivity index (χ3v) is 2.60. The summed E-state index contributed by atoms with van der Waals surface area (Å²) in [6.07, 6.45) is 0. The van der Waals surface area contributed by atoms with Gasteiger partial charge in [0.1, 0.15) is 0 Å². The van der Waals surface area contributed by atoms with Crippen LogP contribution in [0.25, 0.3) is 0 Å². The number of anilines is 1. The molecule has 0 spiro atoms. The summed E-state index contributed by atoms with van der Waals surface area (Å²) < 4.78 is 13.5. The number of nitrogens with zero attached hydrogens (tertiary/aromatic N) is 1. The molecular weight excluding hydrogens is 227 g/mol. The van der Waals surface area contributed by atoms with Gasteiger partial charge in [-0.15, -0.1) is 0 Å². The van der Waals surface area contributed by atoms with E-state index in [9.17, 15) is 19.6 Å². The fraction of sp³-hybridized carbons (Fsp3) is 0.455. The fourth-order valence-corrected chi connectivity index (χ4v) is 1.14. The summed E-state index contributed by atoms with van der Waals surface area (Å²) in [5.41, 5.74) is -1.19. The first-order valence-corrected chi connectivity index (χ1v) is 5.14. The van der Waals surface area contributed by atoms with Gasteiger partial charge in [-0.3, -0.25) is 10.1 Å². The standard InChI is InChI=1S/C11H15FN2O3/c1-7(11(2,3)15)13-10-5-4-8(14(16)17)6-9(10)12/h4-7,13,15H,1-3H3/t7-/m1/s1. The van der Waals surface area contributed by atoms with Crippen LogP contribution in [-0.2, 0) is 0 Å². The van der Waals surface area contributed by atoms with Crippen molar-refractivity contribution in [2.45, 2.75) is 32.4 Å². The number of nitro groups is 1. The van der Waals surface area contributed by atoms with Crippen molar-refractivity contribution in [1.29, 1.82) is 0 Å². The highest BCUT2D eigenvalue weighted by Crippen LogP contribution is 2.23. The first-order valence-electron chi connectivity index (χ1n) is 5.14. The Morgan fingerprint density at radius 3 is 2.53 bits per heavy atom. The normalized spacial score (nSPS) is 13.2. The molecule has 1 atom stereocenters. The second-order valence-electron chi connectivity index (χ2n) is 4.44. The Morgan fingerprint density at radius 2 is 2.12 bits per heavy atom. The molecule has 5 nitrogen and oxygen atoms in total. The highest BCUT2D eigenvalue weighted by Gasteiger charge is 2.23. The summed E-state index contributed by atoms with van der Waals surface area (Å²) in [7, 11) is 0. The van der Waals surface area contributed by atoms with E-state index in [2.05, 4.69) is 5.32 Å². The molecule has 1 aromatic carbocycles. The number of benzene rings is 1. The molecule has 0 fully saturated rings. The summed E-state index contributed by atoms with van der Waals surface area (Å²) in [5, 5.41) is 22.9. The smallest absolute Gasteiger partial charge is 0.272 e. The average Bonchev–Trinajstić information content (AvgIpc) is 2.19. The molecule has 0 aliphatic carbocycles. The molecule has 6 heteroatoms. The molecular formula is C11H15FN2O3. The fourth-order valence-electron chi connectivity index (χ4n) is 1.14. The zero-order chi connectivity index (χ0) is 13.2. The number of hydrogen-bond acceptors (Lipinski definition) is 4. The number of hydrogen-bond donors (Lipinski definition) is 2. The van der Waals surface area contributed by atoms with Crippen molar-refractivity contribution in [3.63, 3.8) is 0 Å². The second kappa shape index (κ2) is 4.67. The Labute approximate surface area is 98.4 Å². The molecule has 0 aromatic heterocycles. The van der Waals surface area contributed by atoms with Crippen LogP contribution in [0.2, 0.25) is 0 Å². The van der Waals surface area contributed by atoms with Crippen LogP contribution in [0.4, 0.5) is 15.8 Å². The van der Waals surface area contributed by atoms with Crippen LogP contribution in [0, 0.1) is 15.9 Å². The van der Waals surface area contributed by atoms with Crippen molar-refractivity contribution in [1.82, 2.24) is 0 Å². The maximum Gasteiger partial charge on any atom is 0.272 e. The van der Waals surface area contributed by atoms with E-state index in [1.807, 2.05) is 0 Å². The van der Waals surface area contributed by atoms with E-state index in [0.29, 0.717) is 0 Å². The number of halogens is 1. The van der Waals surface area contributed by atoms with Gasteiger partial charge in [0, 0.05) is 6.07 Å². The second-order valence-corrected chi connectivity index (χ2v) is 4.44. The lowest BCUT2D eigenvalue weighted by atomic mass is 10.0. The summed E-state index contributed by atoms with van der Waals surface area (Å²) in [6, 6.07) is 2.95. The molecule has 0 heterocycles. The molecule has 2 N–H and O–H groups in total. The molecule has 17 heavy (non-hydrogen) atoms. The highest BCUT2D eigenvalue weighted by molar-refractivity contribution is 5.50. The van der Waals surface area contributed by atoms with Crippen molar-refractivity contribution in [3.8, 4) is 0 Å². The Balaban J connectivity index is 2.90. The van der Waals surface area contributed by atoms with Gasteiger partial charge >= 0.3 is 0 Å². The Morgan fingerprint density at radius 1 is 1.53 bits per heavy atom. The van der Waals surface area contributed by atoms with Gasteiger partial charge in [-0.1, -0.05) is 0 Å². The largest absolute Gasteiger partial charge is 0.388 e. The SMILES string of the molecule is C[C@@H](Nc1ccc([N+](=O)[O-])cc1F)C(C)(C)O. The number of rotatable bonds is 4. The summed E-state index contributed by atoms with van der Waals surface area (Å²) >= 11 is 0. The van der Waals surface area contributed by atoms with Gasteiger partial charge < -0.3 is 10.4 Å². The van der Waals surface area contributed by atoms with Crippen molar-refractivity contribution in [2.24, 2.45) is 0 Å². The lowest BCUT2D eigenvalue weighted by molar-refractivity contribution is -0.385. The molecule has 0 bridgehead atoms. The number of nitrogens with one attached hydrogen (secondary N) is 1. The predicted molar refractivity (Wildman–Crippen MR) is 62.4 cm³/mol. The Kier molecular flexibility index (Phi) is 3.67. The van der Waals surface area contributed by atoms with E-state index in [-0.39, 0.29) is 11.4 Å². The average molecular weight is 242 g/mol. The van der Waals surface area contributed by atoms with Gasteiger partial charge in [-0.05, 0) is 26.8 Å². The van der Waals surface area contributed by atoms with Crippen LogP contribution in [0.15, 0.2) is 18.2 Å². The van der Waals surface area contributed by atoms with E-state index in [1.165, 1.54) is 12.1 Å². The maximum absolute atomic E-state index is 13.5. The van der Waals surface area contributed by atoms with Gasteiger partial charge in [0.2, 0.25) is 0 Å². The van der Waals surface area contributed by atoms with Crippen LogP contribution in [-0.4, -0.2) is 21.7 Å². The van der Waals surface area contributed by atoms with E-state index in [1.54, 1.807) is 20.8 Å². The minimum absolute atomic E-state index is 0.130. The molecule has 0 saturated heterocycles. The molecule has 0 aliphatic rings. The number of aliphatic hydroxyl groups is 1. The van der Waals surface area contributed by atoms with E-state index in [4.69, 9.17) is 0 Å². The molecule has 0 unspecified atom stereocenters. The van der Waals surface area contributed by atoms with Crippen molar-refractivity contribution in [3.05, 3.63) is 34.1 Å². The zero-order valence-corrected chi connectivity index (χ0v) is 9.90. The predicted octanol–water partition coefficient (Wildman–Crippen LogP) is 2.31. The molecule has 0 radical (unpaired) electrons. The Bertz CT molecular complexity index is 429. The third-order valence-electron chi connectivity index (χ3n) is 2.60. The van der Waals surface area contributed by atoms with Gasteiger partial charge in [0.25, 0.3) is 5.69 Å². The third kappa shape index (κ3) is 3.39. The van der Waals surface area contributed by atoms with Crippen LogP contribution in [0.3, 0.4) is 0 Å². The van der Waals surface area contributed by atoms with Crippen molar-refractivity contribution >= 4 is 11.4 Å². The Hall–Kier alpha value is -1.69. The lowest BCUT2D eigenvalue weighted by Crippen LogP contribution is -2.39. The van der Waals surface area contributed by atoms with Crippen molar-refractivity contribution < 1.29 is 14.4 Å². The van der Waals surface area contributed by atoms with Crippen molar-refractivity contribution in [2.75, 3.05) is 5.32 Å².